The van der Waals surface area contributed by atoms with Gasteiger partial charge in [-0.3, -0.25) is 9.59 Å². The van der Waals surface area contributed by atoms with E-state index in [2.05, 4.69) is 17.3 Å². The second-order valence-corrected chi connectivity index (χ2v) is 5.91. The highest BCUT2D eigenvalue weighted by Crippen LogP contribution is 2.24. The van der Waals surface area contributed by atoms with E-state index in [9.17, 15) is 9.59 Å². The fourth-order valence-electron chi connectivity index (χ4n) is 3.15. The van der Waals surface area contributed by atoms with Gasteiger partial charge in [-0.15, -0.1) is 0 Å². The molecule has 1 unspecified atom stereocenters. The number of hydrogen-bond donors (Lipinski definition) is 1. The van der Waals surface area contributed by atoms with Crippen LogP contribution in [0.3, 0.4) is 0 Å². The fraction of sp³-hybridized carbons (Fsp3) is 0.500. The second-order valence-electron chi connectivity index (χ2n) is 5.91. The molecule has 21 heavy (non-hydrogen) atoms. The molecule has 1 atom stereocenters. The maximum absolute atomic E-state index is 12.7. The van der Waals surface area contributed by atoms with Gasteiger partial charge < -0.3 is 15.1 Å². The molecule has 1 aromatic rings. The van der Waals surface area contributed by atoms with Crippen LogP contribution in [0.5, 0.6) is 0 Å². The maximum Gasteiger partial charge on any atom is 0.250 e. The van der Waals surface area contributed by atoms with Gasteiger partial charge in [0.05, 0.1) is 6.54 Å². The lowest BCUT2D eigenvalue weighted by atomic mass is 9.98. The summed E-state index contributed by atoms with van der Waals surface area (Å²) in [6.07, 6.45) is 1.88. The number of piperazine rings is 1. The van der Waals surface area contributed by atoms with Crippen LogP contribution in [-0.4, -0.2) is 54.3 Å². The van der Waals surface area contributed by atoms with Crippen molar-refractivity contribution in [3.05, 3.63) is 35.9 Å². The highest BCUT2D eigenvalue weighted by Gasteiger charge is 2.37. The Bertz CT molecular complexity index is 524. The molecule has 0 radical (unpaired) electrons. The standard InChI is InChI=1S/C16H21N3O2/c1-18-9-7-13(8-10-18)19-11-14(20)17-15(16(19)21)12-5-3-2-4-6-12/h2-6,13,15H,7-11H2,1H3,(H,17,20). The smallest absolute Gasteiger partial charge is 0.250 e. The molecule has 0 aromatic heterocycles. The van der Waals surface area contributed by atoms with E-state index >= 15 is 0 Å². The lowest BCUT2D eigenvalue weighted by Gasteiger charge is -2.41. The largest absolute Gasteiger partial charge is 0.339 e. The van der Waals surface area contributed by atoms with Crippen molar-refractivity contribution in [3.63, 3.8) is 0 Å². The number of benzene rings is 1. The van der Waals surface area contributed by atoms with Gasteiger partial charge >= 0.3 is 0 Å². The summed E-state index contributed by atoms with van der Waals surface area (Å²) in [7, 11) is 2.09. The van der Waals surface area contributed by atoms with Gasteiger partial charge in [0.25, 0.3) is 5.91 Å². The molecule has 2 fully saturated rings. The molecular formula is C16H21N3O2. The van der Waals surface area contributed by atoms with Gasteiger partial charge in [0.2, 0.25) is 5.91 Å². The molecule has 2 aliphatic heterocycles. The van der Waals surface area contributed by atoms with Crippen LogP contribution in [0.25, 0.3) is 0 Å². The number of carbonyl (C=O) groups excluding carboxylic acids is 2. The highest BCUT2D eigenvalue weighted by atomic mass is 16.2. The molecule has 112 valence electrons. The molecule has 5 nitrogen and oxygen atoms in total. The molecule has 5 heteroatoms. The Morgan fingerprint density at radius 1 is 1.10 bits per heavy atom. The predicted octanol–water partition coefficient (Wildman–Crippen LogP) is 0.780. The molecule has 1 aromatic carbocycles. The van der Waals surface area contributed by atoms with E-state index in [1.807, 2.05) is 30.3 Å². The van der Waals surface area contributed by atoms with Crippen LogP contribution in [0, 0.1) is 0 Å². The van der Waals surface area contributed by atoms with Gasteiger partial charge in [0, 0.05) is 6.04 Å². The summed E-state index contributed by atoms with van der Waals surface area (Å²) in [5.41, 5.74) is 0.855. The first-order valence-electron chi connectivity index (χ1n) is 7.48. The fourth-order valence-corrected chi connectivity index (χ4v) is 3.15. The van der Waals surface area contributed by atoms with Gasteiger partial charge in [0.15, 0.2) is 0 Å². The highest BCUT2D eigenvalue weighted by molar-refractivity contribution is 5.95. The normalized spacial score (nSPS) is 25.0. The molecule has 0 aliphatic carbocycles. The Morgan fingerprint density at radius 2 is 1.76 bits per heavy atom. The number of piperidine rings is 1. The summed E-state index contributed by atoms with van der Waals surface area (Å²) in [6.45, 7) is 2.15. The number of amides is 2. The molecule has 2 saturated heterocycles. The predicted molar refractivity (Wildman–Crippen MR) is 79.6 cm³/mol. The van der Waals surface area contributed by atoms with Crippen molar-refractivity contribution in [3.8, 4) is 0 Å². The first-order valence-corrected chi connectivity index (χ1v) is 7.48. The van der Waals surface area contributed by atoms with E-state index in [0.717, 1.165) is 31.5 Å². The minimum atomic E-state index is -0.535. The lowest BCUT2D eigenvalue weighted by molar-refractivity contribution is -0.147. The summed E-state index contributed by atoms with van der Waals surface area (Å²) in [5.74, 6) is -0.0438. The third-order valence-corrected chi connectivity index (χ3v) is 4.41. The molecule has 0 saturated carbocycles. The number of nitrogens with zero attached hydrogens (tertiary/aromatic N) is 2. The summed E-state index contributed by atoms with van der Waals surface area (Å²) in [4.78, 5) is 28.8. The van der Waals surface area contributed by atoms with Crippen molar-refractivity contribution in [2.24, 2.45) is 0 Å². The van der Waals surface area contributed by atoms with Crippen LogP contribution in [-0.2, 0) is 9.59 Å². The monoisotopic (exact) mass is 287 g/mol. The number of rotatable bonds is 2. The first-order chi connectivity index (χ1) is 10.1. The van der Waals surface area contributed by atoms with Crippen molar-refractivity contribution in [1.82, 2.24) is 15.1 Å². The molecular weight excluding hydrogens is 266 g/mol. The molecule has 2 aliphatic rings. The van der Waals surface area contributed by atoms with Gasteiger partial charge in [-0.25, -0.2) is 0 Å². The van der Waals surface area contributed by atoms with Crippen molar-refractivity contribution in [2.45, 2.75) is 24.9 Å². The Labute approximate surface area is 124 Å². The molecule has 0 bridgehead atoms. The zero-order valence-corrected chi connectivity index (χ0v) is 12.3. The average Bonchev–Trinajstić information content (AvgIpc) is 2.51. The van der Waals surface area contributed by atoms with E-state index < -0.39 is 6.04 Å². The topological polar surface area (TPSA) is 52.6 Å². The van der Waals surface area contributed by atoms with Gasteiger partial charge in [-0.1, -0.05) is 30.3 Å². The Kier molecular flexibility index (Phi) is 3.92. The molecule has 2 heterocycles. The van der Waals surface area contributed by atoms with Crippen LogP contribution in [0.1, 0.15) is 24.4 Å². The lowest BCUT2D eigenvalue weighted by Crippen LogP contribution is -2.58. The Hall–Kier alpha value is -1.88. The van der Waals surface area contributed by atoms with Crippen LogP contribution in [0.15, 0.2) is 30.3 Å². The number of carbonyl (C=O) groups is 2. The van der Waals surface area contributed by atoms with E-state index in [0.29, 0.717) is 0 Å². The second kappa shape index (κ2) is 5.85. The maximum atomic E-state index is 12.7. The number of hydrogen-bond acceptors (Lipinski definition) is 3. The van der Waals surface area contributed by atoms with Crippen molar-refractivity contribution >= 4 is 11.8 Å². The van der Waals surface area contributed by atoms with Crippen molar-refractivity contribution in [2.75, 3.05) is 26.7 Å². The van der Waals surface area contributed by atoms with Crippen molar-refractivity contribution < 1.29 is 9.59 Å². The van der Waals surface area contributed by atoms with Gasteiger partial charge in [-0.2, -0.15) is 0 Å². The molecule has 3 rings (SSSR count). The average molecular weight is 287 g/mol. The Morgan fingerprint density at radius 3 is 2.43 bits per heavy atom. The van der Waals surface area contributed by atoms with Gasteiger partial charge in [-0.05, 0) is 38.5 Å². The van der Waals surface area contributed by atoms with E-state index in [1.165, 1.54) is 0 Å². The third-order valence-electron chi connectivity index (χ3n) is 4.41. The molecule has 1 N–H and O–H groups in total. The quantitative estimate of drug-likeness (QED) is 0.874. The third kappa shape index (κ3) is 2.93. The van der Waals surface area contributed by atoms with Gasteiger partial charge in [0.1, 0.15) is 6.04 Å². The first kappa shape index (κ1) is 14.1. The van der Waals surface area contributed by atoms with E-state index in [-0.39, 0.29) is 24.4 Å². The molecule has 2 amide bonds. The minimum Gasteiger partial charge on any atom is -0.339 e. The van der Waals surface area contributed by atoms with Crippen LogP contribution >= 0.6 is 0 Å². The summed E-state index contributed by atoms with van der Waals surface area (Å²) in [6, 6.07) is 9.13. The zero-order valence-electron chi connectivity index (χ0n) is 12.3. The zero-order chi connectivity index (χ0) is 14.8. The molecule has 0 spiro atoms. The van der Waals surface area contributed by atoms with E-state index in [4.69, 9.17) is 0 Å². The summed E-state index contributed by atoms with van der Waals surface area (Å²) < 4.78 is 0. The minimum absolute atomic E-state index is 0.0235. The van der Waals surface area contributed by atoms with Crippen LogP contribution in [0.4, 0.5) is 0 Å². The van der Waals surface area contributed by atoms with Crippen LogP contribution < -0.4 is 5.32 Å². The summed E-state index contributed by atoms with van der Waals surface area (Å²) >= 11 is 0. The van der Waals surface area contributed by atoms with E-state index in [1.54, 1.807) is 4.90 Å². The van der Waals surface area contributed by atoms with Crippen LogP contribution in [0.2, 0.25) is 0 Å². The van der Waals surface area contributed by atoms with Crippen molar-refractivity contribution in [1.29, 1.82) is 0 Å². The number of likely N-dealkylation sites (tertiary alicyclic amines) is 1. The SMILES string of the molecule is CN1CCC(N2CC(=O)NC(c3ccccc3)C2=O)CC1. The number of nitrogens with one attached hydrogen (secondary N) is 1. The summed E-state index contributed by atoms with van der Waals surface area (Å²) in [5, 5.41) is 2.82. The Balaban J connectivity index is 1.79.